The van der Waals surface area contributed by atoms with Crippen LogP contribution in [0.4, 0.5) is 11.7 Å². The maximum absolute atomic E-state index is 5.76. The molecular weight excluding hydrogens is 252 g/mol. The highest BCUT2D eigenvalue weighted by atomic mass is 16.4. The highest BCUT2D eigenvalue weighted by molar-refractivity contribution is 5.78. The molecule has 2 aromatic rings. The second kappa shape index (κ2) is 6.13. The predicted octanol–water partition coefficient (Wildman–Crippen LogP) is 2.80. The predicted molar refractivity (Wildman–Crippen MR) is 83.8 cm³/mol. The normalized spacial score (nSPS) is 13.3. The van der Waals surface area contributed by atoms with E-state index in [1.54, 1.807) is 0 Å². The van der Waals surface area contributed by atoms with Gasteiger partial charge in [-0.3, -0.25) is 0 Å². The van der Waals surface area contributed by atoms with Crippen LogP contribution in [0.2, 0.25) is 0 Å². The molecule has 110 valence electrons. The van der Waals surface area contributed by atoms with Crippen molar-refractivity contribution in [3.8, 4) is 0 Å². The molecule has 1 unspecified atom stereocenters. The quantitative estimate of drug-likeness (QED) is 0.794. The second-order valence-electron chi connectivity index (χ2n) is 5.98. The summed E-state index contributed by atoms with van der Waals surface area (Å²) in [6, 6.07) is 6.39. The summed E-state index contributed by atoms with van der Waals surface area (Å²) in [5.74, 6) is 0.618. The molecule has 1 aromatic carbocycles. The van der Waals surface area contributed by atoms with E-state index < -0.39 is 0 Å². The molecule has 0 fully saturated rings. The molecule has 0 aliphatic carbocycles. The third-order valence-corrected chi connectivity index (χ3v) is 3.08. The molecule has 0 aliphatic heterocycles. The summed E-state index contributed by atoms with van der Waals surface area (Å²) in [5.41, 5.74) is 8.01. The first-order chi connectivity index (χ1) is 9.44. The van der Waals surface area contributed by atoms with E-state index in [0.717, 1.165) is 24.1 Å². The number of oxazole rings is 1. The summed E-state index contributed by atoms with van der Waals surface area (Å²) >= 11 is 0. The molecule has 1 atom stereocenters. The van der Waals surface area contributed by atoms with Gasteiger partial charge in [0.05, 0.1) is 0 Å². The van der Waals surface area contributed by atoms with Crippen LogP contribution >= 0.6 is 0 Å². The van der Waals surface area contributed by atoms with Crippen LogP contribution in [0.15, 0.2) is 22.6 Å². The second-order valence-corrected chi connectivity index (χ2v) is 5.98. The number of fused-ring (bicyclic) bond motifs is 1. The van der Waals surface area contributed by atoms with Crippen LogP contribution in [0, 0.1) is 5.92 Å². The first kappa shape index (κ1) is 14.7. The third-order valence-electron chi connectivity index (χ3n) is 3.08. The van der Waals surface area contributed by atoms with E-state index in [0.29, 0.717) is 23.7 Å². The van der Waals surface area contributed by atoms with Crippen molar-refractivity contribution in [2.24, 2.45) is 5.92 Å². The number of likely N-dealkylation sites (N-methyl/N-ethyl adjacent to an activating group) is 1. The van der Waals surface area contributed by atoms with Gasteiger partial charge in [0.15, 0.2) is 5.58 Å². The molecular formula is C15H24N4O. The maximum Gasteiger partial charge on any atom is 0.295 e. The largest absolute Gasteiger partial charge is 0.424 e. The van der Waals surface area contributed by atoms with Gasteiger partial charge in [-0.25, -0.2) is 0 Å². The third kappa shape index (κ3) is 3.87. The molecule has 1 aromatic heterocycles. The molecule has 0 bridgehead atoms. The molecule has 0 saturated heterocycles. The number of rotatable bonds is 6. The molecule has 0 spiro atoms. The van der Waals surface area contributed by atoms with Crippen LogP contribution in [0.25, 0.3) is 11.1 Å². The molecule has 0 amide bonds. The zero-order valence-corrected chi connectivity index (χ0v) is 12.7. The van der Waals surface area contributed by atoms with Crippen molar-refractivity contribution in [3.05, 3.63) is 18.2 Å². The van der Waals surface area contributed by atoms with Crippen LogP contribution in [0.5, 0.6) is 0 Å². The Labute approximate surface area is 120 Å². The number of aromatic nitrogens is 1. The van der Waals surface area contributed by atoms with Crippen LogP contribution in [0.1, 0.15) is 20.3 Å². The first-order valence-corrected chi connectivity index (χ1v) is 7.01. The summed E-state index contributed by atoms with van der Waals surface area (Å²) in [6.07, 6.45) is 1.07. The van der Waals surface area contributed by atoms with Crippen LogP contribution in [-0.4, -0.2) is 36.6 Å². The molecule has 1 heterocycles. The van der Waals surface area contributed by atoms with Crippen molar-refractivity contribution in [2.45, 2.75) is 26.3 Å². The Morgan fingerprint density at radius 3 is 2.75 bits per heavy atom. The Bertz CT molecular complexity index is 552. The Hall–Kier alpha value is -1.75. The Balaban J connectivity index is 2.14. The molecule has 5 nitrogen and oxygen atoms in total. The molecule has 0 saturated carbocycles. The average molecular weight is 276 g/mol. The number of benzene rings is 1. The fourth-order valence-electron chi connectivity index (χ4n) is 2.37. The van der Waals surface area contributed by atoms with Crippen molar-refractivity contribution >= 4 is 22.8 Å². The van der Waals surface area contributed by atoms with Crippen LogP contribution in [0.3, 0.4) is 0 Å². The van der Waals surface area contributed by atoms with E-state index in [1.165, 1.54) is 0 Å². The van der Waals surface area contributed by atoms with E-state index >= 15 is 0 Å². The van der Waals surface area contributed by atoms with Crippen molar-refractivity contribution in [3.63, 3.8) is 0 Å². The van der Waals surface area contributed by atoms with Gasteiger partial charge in [-0.2, -0.15) is 4.98 Å². The smallest absolute Gasteiger partial charge is 0.295 e. The summed E-state index contributed by atoms with van der Waals surface area (Å²) in [4.78, 5) is 6.62. The first-order valence-electron chi connectivity index (χ1n) is 7.01. The molecule has 20 heavy (non-hydrogen) atoms. The van der Waals surface area contributed by atoms with E-state index in [4.69, 9.17) is 10.2 Å². The average Bonchev–Trinajstić information content (AvgIpc) is 2.68. The van der Waals surface area contributed by atoms with Crippen LogP contribution in [-0.2, 0) is 0 Å². The molecule has 5 heteroatoms. The van der Waals surface area contributed by atoms with E-state index in [-0.39, 0.29) is 0 Å². The summed E-state index contributed by atoms with van der Waals surface area (Å²) in [6.45, 7) is 5.38. The Kier molecular flexibility index (Phi) is 4.49. The number of hydrogen-bond donors (Lipinski definition) is 2. The lowest BCUT2D eigenvalue weighted by molar-refractivity contribution is 0.352. The Morgan fingerprint density at radius 1 is 1.35 bits per heavy atom. The van der Waals surface area contributed by atoms with Crippen molar-refractivity contribution in [2.75, 3.05) is 31.7 Å². The van der Waals surface area contributed by atoms with Gasteiger partial charge in [0.25, 0.3) is 6.01 Å². The minimum atomic E-state index is 0.315. The van der Waals surface area contributed by atoms with Crippen molar-refractivity contribution in [1.82, 2.24) is 9.88 Å². The zero-order chi connectivity index (χ0) is 14.7. The highest BCUT2D eigenvalue weighted by Gasteiger charge is 2.15. The van der Waals surface area contributed by atoms with Crippen molar-refractivity contribution < 1.29 is 4.42 Å². The minimum absolute atomic E-state index is 0.315. The lowest BCUT2D eigenvalue weighted by atomic mass is 10.0. The maximum atomic E-state index is 5.76. The number of nitrogens with zero attached hydrogens (tertiary/aromatic N) is 2. The van der Waals surface area contributed by atoms with Gasteiger partial charge in [0.2, 0.25) is 0 Å². The summed E-state index contributed by atoms with van der Waals surface area (Å²) in [7, 11) is 4.14. The zero-order valence-electron chi connectivity index (χ0n) is 12.7. The number of nitrogens with two attached hydrogens (primary N) is 1. The van der Waals surface area contributed by atoms with Gasteiger partial charge in [-0.15, -0.1) is 0 Å². The van der Waals surface area contributed by atoms with Gasteiger partial charge < -0.3 is 20.4 Å². The summed E-state index contributed by atoms with van der Waals surface area (Å²) < 4.78 is 5.72. The lowest BCUT2D eigenvalue weighted by Crippen LogP contribution is -2.33. The minimum Gasteiger partial charge on any atom is -0.424 e. The molecule has 0 radical (unpaired) electrons. The topological polar surface area (TPSA) is 67.3 Å². The fraction of sp³-hybridized carbons (Fsp3) is 0.533. The van der Waals surface area contributed by atoms with Gasteiger partial charge in [-0.1, -0.05) is 13.8 Å². The van der Waals surface area contributed by atoms with E-state index in [2.05, 4.69) is 43.1 Å². The molecule has 2 rings (SSSR count). The lowest BCUT2D eigenvalue weighted by Gasteiger charge is -2.23. The number of hydrogen-bond acceptors (Lipinski definition) is 5. The number of nitrogen functional groups attached to an aromatic ring is 1. The van der Waals surface area contributed by atoms with Crippen molar-refractivity contribution in [1.29, 1.82) is 0 Å². The Morgan fingerprint density at radius 2 is 2.10 bits per heavy atom. The van der Waals surface area contributed by atoms with Gasteiger partial charge in [0, 0.05) is 18.3 Å². The van der Waals surface area contributed by atoms with Crippen LogP contribution < -0.4 is 11.1 Å². The van der Waals surface area contributed by atoms with Gasteiger partial charge in [-0.05, 0) is 44.6 Å². The fourth-order valence-corrected chi connectivity index (χ4v) is 2.37. The number of anilines is 2. The monoisotopic (exact) mass is 276 g/mol. The van der Waals surface area contributed by atoms with Gasteiger partial charge in [0.1, 0.15) is 5.52 Å². The molecule has 0 aliphatic rings. The van der Waals surface area contributed by atoms with Gasteiger partial charge >= 0.3 is 0 Å². The summed E-state index contributed by atoms with van der Waals surface area (Å²) in [5, 5.41) is 3.39. The number of nitrogens with one attached hydrogen (secondary N) is 1. The van der Waals surface area contributed by atoms with E-state index in [1.807, 2.05) is 18.2 Å². The standard InChI is InChI=1S/C15H24N4O/c1-10(2)7-12(9-19(3)4)17-15-18-13-8-11(16)5-6-14(13)20-15/h5-6,8,10,12H,7,9,16H2,1-4H3,(H,17,18). The molecule has 3 N–H and O–H groups in total. The highest BCUT2D eigenvalue weighted by Crippen LogP contribution is 2.22. The van der Waals surface area contributed by atoms with E-state index in [9.17, 15) is 0 Å². The SMILES string of the molecule is CC(C)CC(CN(C)C)Nc1nc2cc(N)ccc2o1.